The average molecular weight is 260 g/mol. The van der Waals surface area contributed by atoms with Crippen molar-refractivity contribution in [2.24, 2.45) is 5.92 Å². The number of anilines is 1. The minimum absolute atomic E-state index is 0.130. The van der Waals surface area contributed by atoms with Crippen LogP contribution in [0.4, 0.5) is 5.69 Å². The van der Waals surface area contributed by atoms with Crippen LogP contribution in [-0.4, -0.2) is 12.5 Å². The topological polar surface area (TPSA) is 41.1 Å². The Morgan fingerprint density at radius 1 is 1.32 bits per heavy atom. The summed E-state index contributed by atoms with van der Waals surface area (Å²) in [6.07, 6.45) is 2.62. The number of amides is 1. The van der Waals surface area contributed by atoms with Gasteiger partial charge in [-0.05, 0) is 36.1 Å². The zero-order valence-corrected chi connectivity index (χ0v) is 12.1. The first-order valence-corrected chi connectivity index (χ1v) is 7.31. The summed E-state index contributed by atoms with van der Waals surface area (Å²) in [7, 11) is 0. The van der Waals surface area contributed by atoms with Gasteiger partial charge in [0.25, 0.3) is 0 Å². The van der Waals surface area contributed by atoms with Crippen molar-refractivity contribution in [1.82, 2.24) is 5.32 Å². The molecule has 1 aromatic rings. The maximum absolute atomic E-state index is 11.4. The van der Waals surface area contributed by atoms with Crippen molar-refractivity contribution in [2.75, 3.05) is 11.9 Å². The first kappa shape index (κ1) is 14.1. The lowest BCUT2D eigenvalue weighted by Crippen LogP contribution is -2.27. The highest BCUT2D eigenvalue weighted by Crippen LogP contribution is 2.30. The molecule has 0 saturated heterocycles. The van der Waals surface area contributed by atoms with Crippen molar-refractivity contribution in [1.29, 1.82) is 0 Å². The summed E-state index contributed by atoms with van der Waals surface area (Å²) in [4.78, 5) is 11.4. The van der Waals surface area contributed by atoms with Gasteiger partial charge >= 0.3 is 0 Å². The lowest BCUT2D eigenvalue weighted by Gasteiger charge is -2.26. The largest absolute Gasteiger partial charge is 0.326 e. The predicted octanol–water partition coefficient (Wildman–Crippen LogP) is 3.27. The molecule has 0 spiro atoms. The summed E-state index contributed by atoms with van der Waals surface area (Å²) in [5.74, 6) is 0.738. The van der Waals surface area contributed by atoms with Crippen LogP contribution in [0.1, 0.15) is 50.8 Å². The van der Waals surface area contributed by atoms with Crippen molar-refractivity contribution in [3.05, 3.63) is 29.3 Å². The smallest absolute Gasteiger partial charge is 0.224 e. The Kier molecular flexibility index (Phi) is 4.59. The van der Waals surface area contributed by atoms with Crippen LogP contribution in [0.5, 0.6) is 0 Å². The van der Waals surface area contributed by atoms with Gasteiger partial charge in [0.15, 0.2) is 0 Å². The van der Waals surface area contributed by atoms with Crippen molar-refractivity contribution in [3.8, 4) is 0 Å². The molecule has 0 saturated carbocycles. The van der Waals surface area contributed by atoms with Crippen LogP contribution in [0, 0.1) is 5.92 Å². The van der Waals surface area contributed by atoms with Gasteiger partial charge in [0.05, 0.1) is 0 Å². The summed E-state index contributed by atoms with van der Waals surface area (Å²) in [5.41, 5.74) is 3.59. The summed E-state index contributed by atoms with van der Waals surface area (Å²) < 4.78 is 0. The van der Waals surface area contributed by atoms with Crippen molar-refractivity contribution >= 4 is 11.6 Å². The van der Waals surface area contributed by atoms with Gasteiger partial charge in [0.2, 0.25) is 5.91 Å². The van der Waals surface area contributed by atoms with Crippen LogP contribution in [-0.2, 0) is 11.2 Å². The van der Waals surface area contributed by atoms with Gasteiger partial charge in [-0.3, -0.25) is 4.79 Å². The first-order valence-electron chi connectivity index (χ1n) is 7.31. The zero-order valence-electron chi connectivity index (χ0n) is 12.1. The van der Waals surface area contributed by atoms with E-state index in [9.17, 15) is 4.79 Å². The normalized spacial score (nSPS) is 17.5. The van der Waals surface area contributed by atoms with E-state index in [1.165, 1.54) is 11.1 Å². The van der Waals surface area contributed by atoms with Crippen LogP contribution in [0.15, 0.2) is 18.2 Å². The molecular weight excluding hydrogens is 236 g/mol. The molecule has 2 unspecified atom stereocenters. The highest BCUT2D eigenvalue weighted by atomic mass is 16.1. The van der Waals surface area contributed by atoms with Crippen molar-refractivity contribution < 1.29 is 4.79 Å². The minimum Gasteiger partial charge on any atom is -0.326 e. The Morgan fingerprint density at radius 3 is 2.79 bits per heavy atom. The third kappa shape index (κ3) is 3.16. The number of rotatable bonds is 5. The number of fused-ring (bicyclic) bond motifs is 1. The van der Waals surface area contributed by atoms with E-state index in [1.54, 1.807) is 0 Å². The number of carbonyl (C=O) groups is 1. The van der Waals surface area contributed by atoms with Crippen LogP contribution >= 0.6 is 0 Å². The monoisotopic (exact) mass is 260 g/mol. The van der Waals surface area contributed by atoms with Gasteiger partial charge in [-0.15, -0.1) is 0 Å². The van der Waals surface area contributed by atoms with E-state index < -0.39 is 0 Å². The highest BCUT2D eigenvalue weighted by molar-refractivity contribution is 5.93. The van der Waals surface area contributed by atoms with E-state index in [4.69, 9.17) is 0 Å². The Bertz CT molecular complexity index is 456. The molecule has 0 fully saturated rings. The molecule has 1 heterocycles. The van der Waals surface area contributed by atoms with E-state index in [1.807, 2.05) is 0 Å². The molecule has 0 aromatic heterocycles. The third-order valence-electron chi connectivity index (χ3n) is 4.02. The first-order chi connectivity index (χ1) is 9.15. The van der Waals surface area contributed by atoms with Crippen LogP contribution in [0.25, 0.3) is 0 Å². The van der Waals surface area contributed by atoms with E-state index in [2.05, 4.69) is 49.6 Å². The van der Waals surface area contributed by atoms with E-state index in [-0.39, 0.29) is 5.91 Å². The number of nitrogens with one attached hydrogen (secondary N) is 2. The number of hydrogen-bond donors (Lipinski definition) is 2. The van der Waals surface area contributed by atoms with Gasteiger partial charge in [-0.25, -0.2) is 0 Å². The molecule has 2 N–H and O–H groups in total. The molecule has 19 heavy (non-hydrogen) atoms. The van der Waals surface area contributed by atoms with Crippen molar-refractivity contribution in [3.63, 3.8) is 0 Å². The quantitative estimate of drug-likeness (QED) is 0.853. The molecule has 2 atom stereocenters. The Balaban J connectivity index is 2.26. The number of benzene rings is 1. The maximum Gasteiger partial charge on any atom is 0.224 e. The van der Waals surface area contributed by atoms with E-state index >= 15 is 0 Å². The molecule has 0 aliphatic carbocycles. The van der Waals surface area contributed by atoms with Gasteiger partial charge in [0, 0.05) is 18.2 Å². The van der Waals surface area contributed by atoms with E-state index in [0.717, 1.165) is 25.1 Å². The molecule has 0 radical (unpaired) electrons. The van der Waals surface area contributed by atoms with E-state index in [0.29, 0.717) is 18.4 Å². The highest BCUT2D eigenvalue weighted by Gasteiger charge is 2.20. The molecule has 1 aromatic carbocycles. The molecule has 2 rings (SSSR count). The summed E-state index contributed by atoms with van der Waals surface area (Å²) >= 11 is 0. The number of aryl methyl sites for hydroxylation is 1. The zero-order chi connectivity index (χ0) is 13.8. The fourth-order valence-electron chi connectivity index (χ4n) is 2.70. The van der Waals surface area contributed by atoms with Gasteiger partial charge in [-0.1, -0.05) is 39.3 Å². The lowest BCUT2D eigenvalue weighted by atomic mass is 9.89. The Hall–Kier alpha value is -1.35. The molecule has 1 amide bonds. The molecule has 104 valence electrons. The second-order valence-corrected chi connectivity index (χ2v) is 5.39. The molecular formula is C16H24N2O. The molecule has 1 aliphatic rings. The average Bonchev–Trinajstić information content (AvgIpc) is 2.43. The number of carbonyl (C=O) groups excluding carboxylic acids is 1. The maximum atomic E-state index is 11.4. The second-order valence-electron chi connectivity index (χ2n) is 5.39. The minimum atomic E-state index is 0.130. The standard InChI is InChI=1S/C16H24N2O/c1-4-11(3)16(17-5-2)13-6-8-14-12(10-13)7-9-15(19)18-14/h6,8,10-11,16-17H,4-5,7,9H2,1-3H3,(H,18,19). The fourth-order valence-corrected chi connectivity index (χ4v) is 2.70. The van der Waals surface area contributed by atoms with Gasteiger partial charge in [0.1, 0.15) is 0 Å². The van der Waals surface area contributed by atoms with Gasteiger partial charge in [-0.2, -0.15) is 0 Å². The van der Waals surface area contributed by atoms with Crippen LogP contribution < -0.4 is 10.6 Å². The Morgan fingerprint density at radius 2 is 2.11 bits per heavy atom. The summed E-state index contributed by atoms with van der Waals surface area (Å²) in [6.45, 7) is 7.64. The van der Waals surface area contributed by atoms with Crippen LogP contribution in [0.3, 0.4) is 0 Å². The molecule has 3 nitrogen and oxygen atoms in total. The predicted molar refractivity (Wildman–Crippen MR) is 79.3 cm³/mol. The second kappa shape index (κ2) is 6.20. The van der Waals surface area contributed by atoms with Gasteiger partial charge < -0.3 is 10.6 Å². The molecule has 3 heteroatoms. The fraction of sp³-hybridized carbons (Fsp3) is 0.562. The van der Waals surface area contributed by atoms with Crippen molar-refractivity contribution in [2.45, 2.75) is 46.1 Å². The SMILES string of the molecule is CCNC(c1ccc2c(c1)CCC(=O)N2)C(C)CC. The third-order valence-corrected chi connectivity index (χ3v) is 4.02. The number of hydrogen-bond acceptors (Lipinski definition) is 2. The van der Waals surface area contributed by atoms with Crippen LogP contribution in [0.2, 0.25) is 0 Å². The Labute approximate surface area is 115 Å². The molecule has 1 aliphatic heterocycles. The summed E-state index contributed by atoms with van der Waals surface area (Å²) in [5, 5.41) is 6.52. The lowest BCUT2D eigenvalue weighted by molar-refractivity contribution is -0.116. The summed E-state index contributed by atoms with van der Waals surface area (Å²) in [6, 6.07) is 6.85. The molecule has 0 bridgehead atoms.